The average Bonchev–Trinajstić information content (AvgIpc) is 2.73. The van der Waals surface area contributed by atoms with Crippen molar-refractivity contribution in [3.63, 3.8) is 0 Å². The molecule has 6 nitrogen and oxygen atoms in total. The summed E-state index contributed by atoms with van der Waals surface area (Å²) in [4.78, 5) is 28.3. The topological polar surface area (TPSA) is 71.0 Å². The lowest BCUT2D eigenvalue weighted by molar-refractivity contribution is 0.102. The highest BCUT2D eigenvalue weighted by Gasteiger charge is 2.20. The van der Waals surface area contributed by atoms with E-state index < -0.39 is 0 Å². The third-order valence-electron chi connectivity index (χ3n) is 4.66. The third-order valence-corrected chi connectivity index (χ3v) is 5.22. The Morgan fingerprint density at radius 2 is 2.04 bits per heavy atom. The molecule has 1 amide bonds. The summed E-state index contributed by atoms with van der Waals surface area (Å²) < 4.78 is 0. The second-order valence-electron chi connectivity index (χ2n) is 6.70. The Kier molecular flexibility index (Phi) is 5.25. The monoisotopic (exact) mass is 391 g/mol. The van der Waals surface area contributed by atoms with Crippen LogP contribution >= 0.6 is 11.8 Å². The minimum atomic E-state index is -0.210. The van der Waals surface area contributed by atoms with Crippen molar-refractivity contribution in [3.8, 4) is 0 Å². The largest absolute Gasteiger partial charge is 0.352 e. The van der Waals surface area contributed by atoms with E-state index in [0.717, 1.165) is 46.4 Å². The number of hydrogen-bond acceptors (Lipinski definition) is 6. The van der Waals surface area contributed by atoms with Gasteiger partial charge in [-0.1, -0.05) is 30.0 Å². The maximum Gasteiger partial charge on any atom is 0.274 e. The normalized spacial score (nSPS) is 13.1. The van der Waals surface area contributed by atoms with E-state index in [9.17, 15) is 4.79 Å². The lowest BCUT2D eigenvalue weighted by Gasteiger charge is -2.29. The van der Waals surface area contributed by atoms with Gasteiger partial charge in [0.1, 0.15) is 11.5 Å². The van der Waals surface area contributed by atoms with Gasteiger partial charge >= 0.3 is 0 Å². The van der Waals surface area contributed by atoms with Crippen molar-refractivity contribution in [3.05, 3.63) is 71.2 Å². The summed E-state index contributed by atoms with van der Waals surface area (Å²) in [6.07, 6.45) is 4.72. The van der Waals surface area contributed by atoms with Crippen LogP contribution in [-0.4, -0.2) is 33.7 Å². The van der Waals surface area contributed by atoms with E-state index in [4.69, 9.17) is 0 Å². The number of amides is 1. The summed E-state index contributed by atoms with van der Waals surface area (Å²) in [5, 5.41) is 3.72. The van der Waals surface area contributed by atoms with Gasteiger partial charge in [-0.15, -0.1) is 0 Å². The number of benzene rings is 1. The lowest BCUT2D eigenvalue weighted by atomic mass is 10.1. The number of carbonyl (C=O) groups excluding carboxylic acids is 1. The molecule has 28 heavy (non-hydrogen) atoms. The molecule has 1 aliphatic rings. The smallest absolute Gasteiger partial charge is 0.274 e. The summed E-state index contributed by atoms with van der Waals surface area (Å²) >= 11 is 1.55. The number of nitrogens with one attached hydrogen (secondary N) is 1. The minimum Gasteiger partial charge on any atom is -0.352 e. The molecule has 142 valence electrons. The molecule has 0 spiro atoms. The first-order valence-corrected chi connectivity index (χ1v) is 10.3. The van der Waals surface area contributed by atoms with Crippen LogP contribution in [0.1, 0.15) is 27.3 Å². The molecule has 0 saturated carbocycles. The van der Waals surface area contributed by atoms with Gasteiger partial charge in [-0.25, -0.2) is 15.0 Å². The predicted octanol–water partition coefficient (Wildman–Crippen LogP) is 3.72. The van der Waals surface area contributed by atoms with Crippen LogP contribution in [0.2, 0.25) is 0 Å². The van der Waals surface area contributed by atoms with Crippen LogP contribution < -0.4 is 10.2 Å². The number of rotatable bonds is 4. The summed E-state index contributed by atoms with van der Waals surface area (Å²) in [6, 6.07) is 13.3. The lowest BCUT2D eigenvalue weighted by Crippen LogP contribution is -2.32. The van der Waals surface area contributed by atoms with Crippen LogP contribution in [-0.2, 0) is 13.0 Å². The Morgan fingerprint density at radius 1 is 1.18 bits per heavy atom. The maximum atomic E-state index is 12.6. The zero-order valence-electron chi connectivity index (χ0n) is 15.8. The van der Waals surface area contributed by atoms with Gasteiger partial charge in [0.25, 0.3) is 5.91 Å². The first-order valence-electron chi connectivity index (χ1n) is 9.11. The molecule has 1 aromatic carbocycles. The maximum absolute atomic E-state index is 12.6. The molecular weight excluding hydrogens is 370 g/mol. The summed E-state index contributed by atoms with van der Waals surface area (Å²) in [5.74, 6) is 0.578. The number of carbonyl (C=O) groups is 1. The fraction of sp³-hybridized carbons (Fsp3) is 0.238. The van der Waals surface area contributed by atoms with Crippen LogP contribution in [0, 0.1) is 6.92 Å². The van der Waals surface area contributed by atoms with E-state index in [0.29, 0.717) is 12.2 Å². The zero-order valence-corrected chi connectivity index (χ0v) is 16.7. The number of aromatic nitrogens is 3. The SMILES string of the molecule is CSc1ncc2c(n1)CCN(c1cccc(C(=O)Nc3cccc(C)c3)n1)C2. The van der Waals surface area contributed by atoms with Gasteiger partial charge in [0.2, 0.25) is 0 Å². The molecule has 0 fully saturated rings. The van der Waals surface area contributed by atoms with Gasteiger partial charge in [-0.05, 0) is 43.0 Å². The Hall–Kier alpha value is -2.93. The van der Waals surface area contributed by atoms with Crippen molar-refractivity contribution in [1.82, 2.24) is 15.0 Å². The fourth-order valence-corrected chi connectivity index (χ4v) is 3.60. The van der Waals surface area contributed by atoms with Crippen molar-refractivity contribution in [2.75, 3.05) is 23.0 Å². The molecule has 0 unspecified atom stereocenters. The summed E-state index contributed by atoms with van der Waals surface area (Å²) in [6.45, 7) is 3.50. The van der Waals surface area contributed by atoms with Gasteiger partial charge in [-0.2, -0.15) is 0 Å². The number of hydrogen-bond donors (Lipinski definition) is 1. The van der Waals surface area contributed by atoms with Gasteiger partial charge in [0, 0.05) is 37.0 Å². The first-order chi connectivity index (χ1) is 13.6. The highest BCUT2D eigenvalue weighted by atomic mass is 32.2. The van der Waals surface area contributed by atoms with Crippen LogP contribution in [0.5, 0.6) is 0 Å². The van der Waals surface area contributed by atoms with Gasteiger partial charge in [-0.3, -0.25) is 4.79 Å². The van der Waals surface area contributed by atoms with E-state index in [-0.39, 0.29) is 5.91 Å². The molecule has 0 atom stereocenters. The molecule has 0 saturated heterocycles. The van der Waals surface area contributed by atoms with Crippen LogP contribution in [0.15, 0.2) is 53.8 Å². The molecule has 0 radical (unpaired) electrons. The number of nitrogens with zero attached hydrogens (tertiary/aromatic N) is 4. The standard InChI is InChI=1S/C21H21N5OS/c1-14-5-3-6-16(11-14)23-20(27)18-7-4-8-19(24-18)26-10-9-17-15(13-26)12-22-21(25-17)28-2/h3-8,11-12H,9-10,13H2,1-2H3,(H,23,27). The molecule has 2 aromatic heterocycles. The number of pyridine rings is 1. The van der Waals surface area contributed by atoms with Crippen molar-refractivity contribution < 1.29 is 4.79 Å². The molecule has 7 heteroatoms. The number of thioether (sulfide) groups is 1. The van der Waals surface area contributed by atoms with E-state index in [1.807, 2.05) is 55.8 Å². The molecule has 3 aromatic rings. The van der Waals surface area contributed by atoms with E-state index in [1.165, 1.54) is 0 Å². The van der Waals surface area contributed by atoms with Crippen molar-refractivity contribution in [2.45, 2.75) is 25.0 Å². The second-order valence-corrected chi connectivity index (χ2v) is 7.48. The quantitative estimate of drug-likeness (QED) is 0.540. The fourth-order valence-electron chi connectivity index (χ4n) is 3.24. The van der Waals surface area contributed by atoms with Crippen molar-refractivity contribution in [1.29, 1.82) is 0 Å². The molecule has 3 heterocycles. The molecule has 0 bridgehead atoms. The predicted molar refractivity (Wildman–Crippen MR) is 112 cm³/mol. The summed E-state index contributed by atoms with van der Waals surface area (Å²) in [5.41, 5.74) is 4.48. The molecule has 4 rings (SSSR count). The number of anilines is 2. The Bertz CT molecular complexity index is 1020. The van der Waals surface area contributed by atoms with Gasteiger partial charge in [0.05, 0.1) is 5.69 Å². The highest BCUT2D eigenvalue weighted by molar-refractivity contribution is 7.98. The third kappa shape index (κ3) is 3.99. The average molecular weight is 392 g/mol. The second kappa shape index (κ2) is 7.98. The van der Waals surface area contributed by atoms with Crippen LogP contribution in [0.25, 0.3) is 0 Å². The molecule has 1 N–H and O–H groups in total. The number of aryl methyl sites for hydroxylation is 1. The van der Waals surface area contributed by atoms with Gasteiger partial charge < -0.3 is 10.2 Å². The Labute approximate surface area is 168 Å². The molecule has 1 aliphatic heterocycles. The van der Waals surface area contributed by atoms with Crippen LogP contribution in [0.3, 0.4) is 0 Å². The highest BCUT2D eigenvalue weighted by Crippen LogP contribution is 2.23. The molecular formula is C21H21N5OS. The van der Waals surface area contributed by atoms with E-state index in [2.05, 4.69) is 25.2 Å². The van der Waals surface area contributed by atoms with Crippen molar-refractivity contribution in [2.24, 2.45) is 0 Å². The van der Waals surface area contributed by atoms with Crippen LogP contribution in [0.4, 0.5) is 11.5 Å². The Morgan fingerprint density at radius 3 is 2.86 bits per heavy atom. The van der Waals surface area contributed by atoms with Gasteiger partial charge in [0.15, 0.2) is 5.16 Å². The van der Waals surface area contributed by atoms with Crippen molar-refractivity contribution >= 4 is 29.2 Å². The summed E-state index contributed by atoms with van der Waals surface area (Å²) in [7, 11) is 0. The first kappa shape index (κ1) is 18.4. The number of fused-ring (bicyclic) bond motifs is 1. The van der Waals surface area contributed by atoms with E-state index in [1.54, 1.807) is 17.8 Å². The zero-order chi connectivity index (χ0) is 19.5. The Balaban J connectivity index is 1.51. The van der Waals surface area contributed by atoms with E-state index >= 15 is 0 Å². The minimum absolute atomic E-state index is 0.210. The molecule has 0 aliphatic carbocycles.